The largest absolute Gasteiger partial charge is 1.00 e. The van der Waals surface area contributed by atoms with Gasteiger partial charge in [-0.2, -0.15) is 0 Å². The molecule has 80 valence electrons. The van der Waals surface area contributed by atoms with Crippen LogP contribution in [0.2, 0.25) is 0 Å². The Morgan fingerprint density at radius 2 is 1.94 bits per heavy atom. The first kappa shape index (κ1) is 13.5. The topological polar surface area (TPSA) is 82.4 Å². The van der Waals surface area contributed by atoms with Gasteiger partial charge in [-0.3, -0.25) is 0 Å². The van der Waals surface area contributed by atoms with E-state index in [0.29, 0.717) is 10.9 Å². The average molecular weight is 249 g/mol. The number of hydrogen-bond donors (Lipinski definition) is 1. The van der Waals surface area contributed by atoms with Gasteiger partial charge in [0.2, 0.25) is 0 Å². The molecule has 0 aliphatic carbocycles. The van der Waals surface area contributed by atoms with E-state index in [0.717, 1.165) is 0 Å². The van der Waals surface area contributed by atoms with E-state index in [4.69, 9.17) is 0 Å². The molecular formula is C9H8NNaO4S. The summed E-state index contributed by atoms with van der Waals surface area (Å²) in [5.74, 6) is 0.0264. The maximum Gasteiger partial charge on any atom is 1.00 e. The molecule has 0 saturated heterocycles. The van der Waals surface area contributed by atoms with Crippen LogP contribution in [-0.2, 0) is 17.2 Å². The predicted octanol–water partition coefficient (Wildman–Crippen LogP) is -2.21. The minimum Gasteiger partial charge on any atom is -0.743 e. The van der Waals surface area contributed by atoms with Crippen LogP contribution in [0.15, 0.2) is 29.3 Å². The van der Waals surface area contributed by atoms with Gasteiger partial charge in [0.15, 0.2) is 0 Å². The third-order valence-corrected chi connectivity index (χ3v) is 3.15. The molecule has 0 atom stereocenters. The van der Waals surface area contributed by atoms with Gasteiger partial charge < -0.3 is 14.2 Å². The van der Waals surface area contributed by atoms with Gasteiger partial charge in [-0.25, -0.2) is 8.42 Å². The van der Waals surface area contributed by atoms with Gasteiger partial charge in [0.1, 0.15) is 20.9 Å². The van der Waals surface area contributed by atoms with Crippen molar-refractivity contribution in [1.82, 2.24) is 4.57 Å². The molecule has 0 saturated carbocycles. The van der Waals surface area contributed by atoms with Crippen LogP contribution in [0, 0.1) is 0 Å². The van der Waals surface area contributed by atoms with Gasteiger partial charge in [-0.1, -0.05) is 0 Å². The van der Waals surface area contributed by atoms with E-state index in [2.05, 4.69) is 0 Å². The molecule has 0 bridgehead atoms. The average Bonchev–Trinajstić information content (AvgIpc) is 2.43. The van der Waals surface area contributed by atoms with Crippen LogP contribution in [0.1, 0.15) is 0 Å². The Labute approximate surface area is 115 Å². The minimum atomic E-state index is -4.48. The summed E-state index contributed by atoms with van der Waals surface area (Å²) in [6, 6.07) is 5.68. The molecule has 2 aromatic rings. The van der Waals surface area contributed by atoms with Crippen molar-refractivity contribution < 1.29 is 47.6 Å². The second-order valence-corrected chi connectivity index (χ2v) is 4.57. The maximum atomic E-state index is 10.9. The molecule has 1 aromatic carbocycles. The number of aromatic hydroxyl groups is 1. The molecule has 0 fully saturated rings. The summed E-state index contributed by atoms with van der Waals surface area (Å²) < 4.78 is 33.9. The summed E-state index contributed by atoms with van der Waals surface area (Å²) in [5.41, 5.74) is 0.504. The second-order valence-electron chi connectivity index (χ2n) is 3.24. The molecule has 5 nitrogen and oxygen atoms in total. The van der Waals surface area contributed by atoms with E-state index in [-0.39, 0.29) is 40.3 Å². The summed E-state index contributed by atoms with van der Waals surface area (Å²) in [4.78, 5) is 0. The number of nitrogens with zero attached hydrogens (tertiary/aromatic N) is 1. The fraction of sp³-hybridized carbons (Fsp3) is 0.111. The normalized spacial score (nSPS) is 11.4. The van der Waals surface area contributed by atoms with Crippen molar-refractivity contribution in [1.29, 1.82) is 0 Å². The first-order valence-electron chi connectivity index (χ1n) is 4.14. The predicted molar refractivity (Wildman–Crippen MR) is 52.5 cm³/mol. The van der Waals surface area contributed by atoms with E-state index >= 15 is 0 Å². The number of fused-ring (bicyclic) bond motifs is 1. The molecule has 0 aliphatic heterocycles. The molecule has 1 N–H and O–H groups in total. The third kappa shape index (κ3) is 2.26. The first-order chi connectivity index (χ1) is 6.89. The Bertz CT molecular complexity index is 632. The molecule has 0 radical (unpaired) electrons. The number of benzene rings is 1. The van der Waals surface area contributed by atoms with E-state index in [1.165, 1.54) is 29.8 Å². The van der Waals surface area contributed by atoms with Crippen LogP contribution in [0.5, 0.6) is 5.75 Å². The molecule has 0 aliphatic rings. The van der Waals surface area contributed by atoms with E-state index in [9.17, 15) is 18.1 Å². The Hall–Kier alpha value is -0.530. The first-order valence-corrected chi connectivity index (χ1v) is 5.55. The number of phenols is 1. The molecule has 16 heavy (non-hydrogen) atoms. The molecular weight excluding hydrogens is 241 g/mol. The zero-order chi connectivity index (χ0) is 11.2. The summed E-state index contributed by atoms with van der Waals surface area (Å²) in [7, 11) is -3.01. The van der Waals surface area contributed by atoms with Gasteiger partial charge in [0.25, 0.3) is 0 Å². The fourth-order valence-corrected chi connectivity index (χ4v) is 2.24. The molecule has 0 spiro atoms. The van der Waals surface area contributed by atoms with Gasteiger partial charge in [0.05, 0.1) is 5.52 Å². The van der Waals surface area contributed by atoms with E-state index in [1.54, 1.807) is 6.07 Å². The van der Waals surface area contributed by atoms with Crippen LogP contribution >= 0.6 is 0 Å². The quantitative estimate of drug-likeness (QED) is 0.459. The maximum absolute atomic E-state index is 10.9. The smallest absolute Gasteiger partial charge is 0.743 e. The van der Waals surface area contributed by atoms with Gasteiger partial charge >= 0.3 is 29.6 Å². The van der Waals surface area contributed by atoms with Crippen LogP contribution in [0.4, 0.5) is 0 Å². The fourth-order valence-electron chi connectivity index (χ4n) is 1.53. The number of rotatable bonds is 1. The summed E-state index contributed by atoms with van der Waals surface area (Å²) in [6.07, 6.45) is 0. The minimum absolute atomic E-state index is 0. The number of aromatic nitrogens is 1. The number of aryl methyl sites for hydroxylation is 1. The van der Waals surface area contributed by atoms with Crippen molar-refractivity contribution in [3.63, 3.8) is 0 Å². The third-order valence-electron chi connectivity index (χ3n) is 2.24. The molecule has 1 heterocycles. The molecule has 0 unspecified atom stereocenters. The Morgan fingerprint density at radius 3 is 2.50 bits per heavy atom. The molecule has 2 rings (SSSR count). The van der Waals surface area contributed by atoms with E-state index < -0.39 is 10.1 Å². The summed E-state index contributed by atoms with van der Waals surface area (Å²) >= 11 is 0. The van der Waals surface area contributed by atoms with Crippen LogP contribution in [-0.4, -0.2) is 22.6 Å². The standard InChI is InChI=1S/C9H9NO4S.Na/c1-10-8-5-7(11)3-2-6(8)4-9(10)15(12,13)14;/h2-5,11H,1H3,(H,12,13,14);/q;+1/p-1. The zero-order valence-corrected chi connectivity index (χ0v) is 11.7. The van der Waals surface area contributed by atoms with Crippen molar-refractivity contribution in [2.24, 2.45) is 7.05 Å². The molecule has 0 amide bonds. The molecule has 1 aromatic heterocycles. The van der Waals surface area contributed by atoms with Gasteiger partial charge in [-0.05, 0) is 18.2 Å². The summed E-state index contributed by atoms with van der Waals surface area (Å²) in [6.45, 7) is 0. The monoisotopic (exact) mass is 249 g/mol. The SMILES string of the molecule is Cn1c(S(=O)(=O)[O-])cc2ccc(O)cc21.[Na+]. The number of hydrogen-bond acceptors (Lipinski definition) is 4. The Balaban J connectivity index is 0.00000128. The van der Waals surface area contributed by atoms with Crippen LogP contribution < -0.4 is 29.6 Å². The van der Waals surface area contributed by atoms with Crippen molar-refractivity contribution in [2.75, 3.05) is 0 Å². The van der Waals surface area contributed by atoms with Crippen molar-refractivity contribution >= 4 is 21.0 Å². The number of phenolic OH excluding ortho intramolecular Hbond substituents is 1. The van der Waals surface area contributed by atoms with Gasteiger partial charge in [0, 0.05) is 18.5 Å². The van der Waals surface area contributed by atoms with E-state index in [1.807, 2.05) is 0 Å². The second kappa shape index (κ2) is 4.38. The molecule has 7 heteroatoms. The van der Waals surface area contributed by atoms with Crippen molar-refractivity contribution in [3.8, 4) is 5.75 Å². The summed E-state index contributed by atoms with van der Waals surface area (Å²) in [5, 5.41) is 9.52. The van der Waals surface area contributed by atoms with Crippen molar-refractivity contribution in [2.45, 2.75) is 5.03 Å². The van der Waals surface area contributed by atoms with Crippen molar-refractivity contribution in [3.05, 3.63) is 24.3 Å². The Kier molecular flexibility index (Phi) is 3.71. The van der Waals surface area contributed by atoms with Crippen LogP contribution in [0.3, 0.4) is 0 Å². The Morgan fingerprint density at radius 1 is 1.31 bits per heavy atom. The van der Waals surface area contributed by atoms with Gasteiger partial charge in [-0.15, -0.1) is 0 Å². The zero-order valence-electron chi connectivity index (χ0n) is 8.84. The van der Waals surface area contributed by atoms with Crippen LogP contribution in [0.25, 0.3) is 10.9 Å².